The van der Waals surface area contributed by atoms with E-state index in [0.717, 1.165) is 41.5 Å². The van der Waals surface area contributed by atoms with Crippen LogP contribution in [0.4, 0.5) is 0 Å². The van der Waals surface area contributed by atoms with Crippen molar-refractivity contribution in [3.05, 3.63) is 47.5 Å². The van der Waals surface area contributed by atoms with Gasteiger partial charge in [0.05, 0.1) is 6.10 Å². The van der Waals surface area contributed by atoms with E-state index in [-0.39, 0.29) is 11.5 Å². The summed E-state index contributed by atoms with van der Waals surface area (Å²) in [7, 11) is 3.97. The summed E-state index contributed by atoms with van der Waals surface area (Å²) in [4.78, 5) is 0. The first-order chi connectivity index (χ1) is 13.6. The number of aliphatic hydroxyl groups is 1. The Morgan fingerprint density at radius 3 is 2.03 bits per heavy atom. The van der Waals surface area contributed by atoms with Crippen LogP contribution in [0.5, 0.6) is 11.5 Å². The van der Waals surface area contributed by atoms with E-state index in [4.69, 9.17) is 4.74 Å². The van der Waals surface area contributed by atoms with E-state index in [0.29, 0.717) is 11.7 Å². The van der Waals surface area contributed by atoms with Gasteiger partial charge in [-0.1, -0.05) is 64.8 Å². The van der Waals surface area contributed by atoms with Crippen LogP contribution < -0.4 is 15.7 Å². The number of benzene rings is 2. The van der Waals surface area contributed by atoms with Crippen LogP contribution in [-0.2, 0) is 5.41 Å². The fourth-order valence-corrected chi connectivity index (χ4v) is 3.82. The van der Waals surface area contributed by atoms with Crippen molar-refractivity contribution in [1.82, 2.24) is 0 Å². The largest absolute Gasteiger partial charge is 0.509 e. The first-order valence-electron chi connectivity index (χ1n) is 10.9. The molecule has 0 aliphatic heterocycles. The molecule has 0 aliphatic carbocycles. The zero-order valence-electron chi connectivity index (χ0n) is 19.1. The first kappa shape index (κ1) is 23.4. The molecular weight excluding hydrogens is 358 g/mol. The minimum absolute atomic E-state index is 0.192. The van der Waals surface area contributed by atoms with Crippen molar-refractivity contribution in [2.24, 2.45) is 5.92 Å². The van der Waals surface area contributed by atoms with E-state index in [2.05, 4.69) is 47.7 Å². The van der Waals surface area contributed by atoms with Crippen LogP contribution >= 0.6 is 0 Å². The van der Waals surface area contributed by atoms with Crippen molar-refractivity contribution in [3.8, 4) is 11.5 Å². The van der Waals surface area contributed by atoms with Gasteiger partial charge in [-0.05, 0) is 53.4 Å². The number of phenolic OH excluding ortho intramolecular Hbond substituents is 1. The topological polar surface area (TPSA) is 49.7 Å². The molecule has 0 saturated heterocycles. The molecule has 0 aromatic heterocycles. The van der Waals surface area contributed by atoms with Gasteiger partial charge in [0.2, 0.25) is 0 Å². The Kier molecular flexibility index (Phi) is 7.87. The molecule has 2 atom stereocenters. The molecular formula is C24H36B2O3. The van der Waals surface area contributed by atoms with Gasteiger partial charge < -0.3 is 14.9 Å². The lowest BCUT2D eigenvalue weighted by Crippen LogP contribution is -2.32. The summed E-state index contributed by atoms with van der Waals surface area (Å²) in [5.74, 6) is 1.68. The number of ether oxygens (including phenoxy) is 1. The van der Waals surface area contributed by atoms with Crippen LogP contribution in [0.2, 0.25) is 0 Å². The molecule has 0 fully saturated rings. The van der Waals surface area contributed by atoms with E-state index in [1.165, 1.54) is 5.56 Å². The van der Waals surface area contributed by atoms with E-state index >= 15 is 0 Å². The van der Waals surface area contributed by atoms with E-state index in [1.54, 1.807) is 6.07 Å². The third kappa shape index (κ3) is 5.60. The molecule has 29 heavy (non-hydrogen) atoms. The molecule has 0 amide bonds. The number of phenols is 1. The molecule has 3 nitrogen and oxygen atoms in total. The van der Waals surface area contributed by atoms with Gasteiger partial charge in [-0.2, -0.15) is 0 Å². The molecule has 0 heterocycles. The quantitative estimate of drug-likeness (QED) is 0.642. The van der Waals surface area contributed by atoms with Crippen molar-refractivity contribution in [2.75, 3.05) is 0 Å². The van der Waals surface area contributed by atoms with Gasteiger partial charge in [-0.3, -0.25) is 0 Å². The molecule has 2 aromatic rings. The smallest absolute Gasteiger partial charge is 0.144 e. The molecule has 5 heteroatoms. The Hall–Kier alpha value is -1.87. The summed E-state index contributed by atoms with van der Waals surface area (Å²) in [5, 5.41) is 20.4. The average Bonchev–Trinajstić information content (AvgIpc) is 2.69. The van der Waals surface area contributed by atoms with Crippen molar-refractivity contribution < 1.29 is 14.9 Å². The molecule has 156 valence electrons. The Morgan fingerprint density at radius 2 is 1.52 bits per heavy atom. The second kappa shape index (κ2) is 9.75. The Balaban J connectivity index is 2.18. The maximum absolute atomic E-state index is 10.5. The number of hydrogen-bond donors (Lipinski definition) is 2. The van der Waals surface area contributed by atoms with E-state index in [1.807, 2.05) is 33.0 Å². The van der Waals surface area contributed by atoms with Gasteiger partial charge in [0.1, 0.15) is 33.3 Å². The molecule has 0 spiro atoms. The maximum atomic E-state index is 10.5. The second-order valence-corrected chi connectivity index (χ2v) is 8.92. The Bertz CT molecular complexity index is 816. The maximum Gasteiger partial charge on any atom is 0.144 e. The molecule has 2 N–H and O–H groups in total. The molecule has 0 radical (unpaired) electrons. The van der Waals surface area contributed by atoms with Gasteiger partial charge in [0.25, 0.3) is 0 Å². The SMILES string of the molecule is Bc1cc(C(C)(C)c2ccc(O[C@H](C)C(O)CC(CC)CC)c(B)c2)ccc1O. The molecule has 0 aliphatic rings. The molecule has 2 rings (SSSR count). The zero-order valence-corrected chi connectivity index (χ0v) is 19.1. The minimum atomic E-state index is -0.463. The predicted octanol–water partition coefficient (Wildman–Crippen LogP) is 2.19. The average molecular weight is 394 g/mol. The summed E-state index contributed by atoms with van der Waals surface area (Å²) in [5.41, 5.74) is 4.11. The standard InChI is InChI=1S/C24H36B2O3/c1-6-16(7-2)12-22(28)15(3)29-23-11-9-18(14-20(23)26)24(4,5)17-8-10-21(27)19(25)13-17/h8-11,13-16,22,27-28H,6-7,12,25-26H2,1-5H3/t15-,22?/m1/s1. The third-order valence-electron chi connectivity index (χ3n) is 6.40. The zero-order chi connectivity index (χ0) is 21.8. The van der Waals surface area contributed by atoms with Gasteiger partial charge >= 0.3 is 0 Å². The highest BCUT2D eigenvalue weighted by Gasteiger charge is 2.25. The number of aliphatic hydroxyl groups excluding tert-OH is 1. The molecule has 1 unspecified atom stereocenters. The Labute approximate surface area is 178 Å². The van der Waals surface area contributed by atoms with Crippen LogP contribution in [0.3, 0.4) is 0 Å². The Morgan fingerprint density at radius 1 is 0.966 bits per heavy atom. The van der Waals surface area contributed by atoms with Crippen molar-refractivity contribution >= 4 is 26.6 Å². The van der Waals surface area contributed by atoms with Crippen molar-refractivity contribution in [1.29, 1.82) is 0 Å². The molecule has 0 bridgehead atoms. The second-order valence-electron chi connectivity index (χ2n) is 8.92. The summed E-state index contributed by atoms with van der Waals surface area (Å²) in [6, 6.07) is 12.1. The fourth-order valence-electron chi connectivity index (χ4n) is 3.82. The summed E-state index contributed by atoms with van der Waals surface area (Å²) in [6.45, 7) is 10.7. The van der Waals surface area contributed by atoms with Crippen LogP contribution in [-0.4, -0.2) is 38.1 Å². The molecule has 2 aromatic carbocycles. The van der Waals surface area contributed by atoms with Crippen molar-refractivity contribution in [2.45, 2.75) is 71.5 Å². The van der Waals surface area contributed by atoms with Crippen LogP contribution in [0, 0.1) is 5.92 Å². The van der Waals surface area contributed by atoms with Crippen LogP contribution in [0.15, 0.2) is 36.4 Å². The lowest BCUT2D eigenvalue weighted by Gasteiger charge is -2.29. The highest BCUT2D eigenvalue weighted by Crippen LogP contribution is 2.32. The normalized spacial score (nSPS) is 14.0. The number of aromatic hydroxyl groups is 1. The minimum Gasteiger partial charge on any atom is -0.509 e. The summed E-state index contributed by atoms with van der Waals surface area (Å²) in [6.07, 6.45) is 2.24. The van der Waals surface area contributed by atoms with Crippen molar-refractivity contribution in [3.63, 3.8) is 0 Å². The predicted molar refractivity (Wildman–Crippen MR) is 128 cm³/mol. The summed E-state index contributed by atoms with van der Waals surface area (Å²) >= 11 is 0. The molecule has 0 saturated carbocycles. The lowest BCUT2D eigenvalue weighted by molar-refractivity contribution is 0.0301. The fraction of sp³-hybridized carbons (Fsp3) is 0.500. The van der Waals surface area contributed by atoms with Gasteiger partial charge in [0, 0.05) is 5.41 Å². The lowest BCUT2D eigenvalue weighted by atomic mass is 9.74. The van der Waals surface area contributed by atoms with Crippen LogP contribution in [0.25, 0.3) is 0 Å². The van der Waals surface area contributed by atoms with E-state index < -0.39 is 6.10 Å². The highest BCUT2D eigenvalue weighted by atomic mass is 16.5. The van der Waals surface area contributed by atoms with Gasteiger partial charge in [-0.15, -0.1) is 0 Å². The first-order valence-corrected chi connectivity index (χ1v) is 10.9. The number of hydrogen-bond acceptors (Lipinski definition) is 3. The highest BCUT2D eigenvalue weighted by molar-refractivity contribution is 6.34. The third-order valence-corrected chi connectivity index (χ3v) is 6.40. The monoisotopic (exact) mass is 394 g/mol. The van der Waals surface area contributed by atoms with Gasteiger partial charge in [-0.25, -0.2) is 0 Å². The van der Waals surface area contributed by atoms with Gasteiger partial charge in [0.15, 0.2) is 0 Å². The van der Waals surface area contributed by atoms with E-state index in [9.17, 15) is 10.2 Å². The van der Waals surface area contributed by atoms with Crippen LogP contribution in [0.1, 0.15) is 65.0 Å². The summed E-state index contributed by atoms with van der Waals surface area (Å²) < 4.78 is 6.12. The number of rotatable bonds is 9.